The minimum atomic E-state index is -0.480. The van der Waals surface area contributed by atoms with Crippen LogP contribution in [-0.4, -0.2) is 21.7 Å². The van der Waals surface area contributed by atoms with E-state index in [0.717, 1.165) is 31.6 Å². The number of anilines is 1. The number of piperidine rings is 1. The zero-order valence-corrected chi connectivity index (χ0v) is 10.9. The number of rotatable bonds is 2. The Morgan fingerprint density at radius 2 is 2.30 bits per heavy atom. The van der Waals surface area contributed by atoms with Gasteiger partial charge in [-0.15, -0.1) is 0 Å². The summed E-state index contributed by atoms with van der Waals surface area (Å²) in [7, 11) is 0. The molecule has 1 aromatic carbocycles. The van der Waals surface area contributed by atoms with Crippen molar-refractivity contribution in [3.8, 4) is 6.07 Å². The largest absolute Gasteiger partial charge is 0.360 e. The van der Waals surface area contributed by atoms with Crippen LogP contribution in [0.25, 0.3) is 0 Å². The Morgan fingerprint density at radius 1 is 1.40 bits per heavy atom. The molecule has 1 aliphatic heterocycles. The zero-order chi connectivity index (χ0) is 13.9. The van der Waals surface area contributed by atoms with Crippen LogP contribution >= 0.6 is 0 Å². The Bertz CT molecular complexity index is 632. The Morgan fingerprint density at radius 3 is 3.05 bits per heavy atom. The average Bonchev–Trinajstić information content (AvgIpc) is 3.01. The van der Waals surface area contributed by atoms with E-state index in [-0.39, 0.29) is 11.6 Å². The Hall–Kier alpha value is -2.42. The highest BCUT2D eigenvalue weighted by Gasteiger charge is 2.28. The monoisotopic (exact) mass is 271 g/mol. The first kappa shape index (κ1) is 12.6. The number of benzene rings is 1. The molecule has 1 saturated heterocycles. The van der Waals surface area contributed by atoms with E-state index >= 15 is 0 Å². The lowest BCUT2D eigenvalue weighted by Gasteiger charge is -2.36. The van der Waals surface area contributed by atoms with Gasteiger partial charge >= 0.3 is 0 Å². The number of halogens is 1. The minimum Gasteiger partial charge on any atom is -0.360 e. The highest BCUT2D eigenvalue weighted by atomic mass is 19.1. The summed E-state index contributed by atoms with van der Waals surface area (Å²) in [5.74, 6) is 0.282. The first-order valence-corrected chi connectivity index (χ1v) is 6.62. The summed E-state index contributed by atoms with van der Waals surface area (Å²) >= 11 is 0. The van der Waals surface area contributed by atoms with Gasteiger partial charge in [0.1, 0.15) is 29.6 Å². The summed E-state index contributed by atoms with van der Waals surface area (Å²) in [6.07, 6.45) is 4.49. The first-order valence-electron chi connectivity index (χ1n) is 6.62. The van der Waals surface area contributed by atoms with Gasteiger partial charge in [-0.05, 0) is 31.4 Å². The van der Waals surface area contributed by atoms with Crippen molar-refractivity contribution in [3.05, 3.63) is 41.7 Å². The summed E-state index contributed by atoms with van der Waals surface area (Å²) in [4.78, 5) is 6.26. The maximum absolute atomic E-state index is 13.8. The lowest BCUT2D eigenvalue weighted by atomic mass is 9.99. The van der Waals surface area contributed by atoms with Crippen molar-refractivity contribution in [1.29, 1.82) is 5.26 Å². The molecule has 2 aromatic rings. The van der Waals surface area contributed by atoms with Crippen molar-refractivity contribution < 1.29 is 4.39 Å². The SMILES string of the molecule is N#Cc1c(F)cccc1N1CCCCC1c1ncn[nH]1. The molecule has 5 nitrogen and oxygen atoms in total. The number of nitrogens with one attached hydrogen (secondary N) is 1. The molecular weight excluding hydrogens is 257 g/mol. The predicted molar refractivity (Wildman–Crippen MR) is 71.4 cm³/mol. The van der Waals surface area contributed by atoms with E-state index in [4.69, 9.17) is 0 Å². The van der Waals surface area contributed by atoms with E-state index in [9.17, 15) is 9.65 Å². The third-order valence-electron chi connectivity index (χ3n) is 3.66. The van der Waals surface area contributed by atoms with Crippen LogP contribution in [0, 0.1) is 17.1 Å². The minimum absolute atomic E-state index is 0.0140. The number of hydrogen-bond acceptors (Lipinski definition) is 4. The van der Waals surface area contributed by atoms with Gasteiger partial charge in [0.05, 0.1) is 11.7 Å². The molecule has 3 rings (SSSR count). The third kappa shape index (κ3) is 2.11. The van der Waals surface area contributed by atoms with Gasteiger partial charge in [-0.3, -0.25) is 5.10 Å². The van der Waals surface area contributed by atoms with Gasteiger partial charge in [-0.1, -0.05) is 6.07 Å². The smallest absolute Gasteiger partial charge is 0.146 e. The maximum Gasteiger partial charge on any atom is 0.146 e. The van der Waals surface area contributed by atoms with Crippen LogP contribution in [0.5, 0.6) is 0 Å². The van der Waals surface area contributed by atoms with Crippen molar-refractivity contribution >= 4 is 5.69 Å². The summed E-state index contributed by atoms with van der Waals surface area (Å²) in [6.45, 7) is 0.781. The second-order valence-electron chi connectivity index (χ2n) is 4.82. The van der Waals surface area contributed by atoms with Crippen LogP contribution in [0.1, 0.15) is 36.7 Å². The van der Waals surface area contributed by atoms with Crippen LogP contribution in [0.3, 0.4) is 0 Å². The third-order valence-corrected chi connectivity index (χ3v) is 3.66. The molecule has 1 aliphatic rings. The number of aromatic nitrogens is 3. The van der Waals surface area contributed by atoms with Crippen LogP contribution in [0.4, 0.5) is 10.1 Å². The van der Waals surface area contributed by atoms with Crippen molar-refractivity contribution in [2.75, 3.05) is 11.4 Å². The average molecular weight is 271 g/mol. The highest BCUT2D eigenvalue weighted by Crippen LogP contribution is 2.35. The molecule has 102 valence electrons. The molecule has 0 saturated carbocycles. The number of nitriles is 1. The summed E-state index contributed by atoms with van der Waals surface area (Å²) < 4.78 is 13.8. The van der Waals surface area contributed by atoms with Crippen molar-refractivity contribution in [1.82, 2.24) is 15.2 Å². The standard InChI is InChI=1S/C14H14FN5/c15-11-4-3-6-12(10(11)8-16)20-7-2-1-5-13(20)14-17-9-18-19-14/h3-4,6,9,13H,1-2,5,7H2,(H,17,18,19). The Labute approximate surface area is 116 Å². The van der Waals surface area contributed by atoms with Crippen LogP contribution in [-0.2, 0) is 0 Å². The number of hydrogen-bond donors (Lipinski definition) is 1. The van der Waals surface area contributed by atoms with Crippen molar-refractivity contribution in [3.63, 3.8) is 0 Å². The molecule has 1 fully saturated rings. The molecule has 0 aliphatic carbocycles. The predicted octanol–water partition coefficient (Wildman–Crippen LogP) is 2.55. The van der Waals surface area contributed by atoms with Crippen LogP contribution in [0.15, 0.2) is 24.5 Å². The van der Waals surface area contributed by atoms with E-state index < -0.39 is 5.82 Å². The second kappa shape index (κ2) is 5.29. The molecular formula is C14H14FN5. The van der Waals surface area contributed by atoms with E-state index in [2.05, 4.69) is 15.2 Å². The van der Waals surface area contributed by atoms with Gasteiger partial charge in [0.2, 0.25) is 0 Å². The fraction of sp³-hybridized carbons (Fsp3) is 0.357. The molecule has 0 bridgehead atoms. The molecule has 1 N–H and O–H groups in total. The van der Waals surface area contributed by atoms with Crippen LogP contribution in [0.2, 0.25) is 0 Å². The highest BCUT2D eigenvalue weighted by molar-refractivity contribution is 5.61. The van der Waals surface area contributed by atoms with Gasteiger partial charge < -0.3 is 4.90 Å². The van der Waals surface area contributed by atoms with Crippen molar-refractivity contribution in [2.45, 2.75) is 25.3 Å². The van der Waals surface area contributed by atoms with Gasteiger partial charge in [0, 0.05) is 6.54 Å². The molecule has 1 unspecified atom stereocenters. The molecule has 1 aromatic heterocycles. The molecule has 1 atom stereocenters. The van der Waals surface area contributed by atoms with E-state index in [1.165, 1.54) is 12.4 Å². The van der Waals surface area contributed by atoms with Gasteiger partial charge in [-0.2, -0.15) is 10.4 Å². The number of aromatic amines is 1. The lowest BCUT2D eigenvalue weighted by molar-refractivity contribution is 0.456. The molecule has 0 amide bonds. The maximum atomic E-state index is 13.8. The molecule has 6 heteroatoms. The normalized spacial score (nSPS) is 18.8. The van der Waals surface area contributed by atoms with Gasteiger partial charge in [0.25, 0.3) is 0 Å². The van der Waals surface area contributed by atoms with E-state index in [1.807, 2.05) is 11.0 Å². The first-order chi connectivity index (χ1) is 9.81. The van der Waals surface area contributed by atoms with Gasteiger partial charge in [0.15, 0.2) is 0 Å². The summed E-state index contributed by atoms with van der Waals surface area (Å²) in [6, 6.07) is 6.72. The summed E-state index contributed by atoms with van der Waals surface area (Å²) in [5, 5.41) is 16.0. The van der Waals surface area contributed by atoms with Crippen molar-refractivity contribution in [2.24, 2.45) is 0 Å². The van der Waals surface area contributed by atoms with Crippen LogP contribution < -0.4 is 4.90 Å². The van der Waals surface area contributed by atoms with E-state index in [0.29, 0.717) is 5.69 Å². The summed E-state index contributed by atoms with van der Waals surface area (Å²) in [5.41, 5.74) is 0.729. The quantitative estimate of drug-likeness (QED) is 0.911. The number of H-pyrrole nitrogens is 1. The molecule has 0 radical (unpaired) electrons. The van der Waals surface area contributed by atoms with Gasteiger partial charge in [-0.25, -0.2) is 9.37 Å². The Balaban J connectivity index is 2.03. The second-order valence-corrected chi connectivity index (χ2v) is 4.82. The molecule has 20 heavy (non-hydrogen) atoms. The lowest BCUT2D eigenvalue weighted by Crippen LogP contribution is -2.34. The topological polar surface area (TPSA) is 68.6 Å². The zero-order valence-electron chi connectivity index (χ0n) is 10.9. The van der Waals surface area contributed by atoms with E-state index in [1.54, 1.807) is 12.1 Å². The fourth-order valence-corrected chi connectivity index (χ4v) is 2.74. The molecule has 2 heterocycles. The number of nitrogens with zero attached hydrogens (tertiary/aromatic N) is 4. The fourth-order valence-electron chi connectivity index (χ4n) is 2.74. The Kier molecular flexibility index (Phi) is 3.33. The molecule has 0 spiro atoms.